The monoisotopic (exact) mass is 409 g/mol. The predicted molar refractivity (Wildman–Crippen MR) is 102 cm³/mol. The molecule has 1 amide bonds. The summed E-state index contributed by atoms with van der Waals surface area (Å²) in [6.07, 6.45) is 1.80. The summed E-state index contributed by atoms with van der Waals surface area (Å²) in [5.41, 5.74) is 0.721. The van der Waals surface area contributed by atoms with Crippen molar-refractivity contribution in [3.05, 3.63) is 41.9 Å². The van der Waals surface area contributed by atoms with Crippen molar-refractivity contribution in [3.63, 3.8) is 0 Å². The van der Waals surface area contributed by atoms with Crippen molar-refractivity contribution < 1.29 is 31.8 Å². The summed E-state index contributed by atoms with van der Waals surface area (Å²) in [5.74, 6) is 1.17. The highest BCUT2D eigenvalue weighted by molar-refractivity contribution is 7.91. The molecule has 1 fully saturated rings. The van der Waals surface area contributed by atoms with E-state index in [-0.39, 0.29) is 29.7 Å². The number of ether oxygens (including phenoxy) is 3. The Hall–Kier alpha value is -2.68. The number of furan rings is 1. The largest absolute Gasteiger partial charge is 0.493 e. The van der Waals surface area contributed by atoms with Gasteiger partial charge < -0.3 is 23.5 Å². The van der Waals surface area contributed by atoms with Crippen LogP contribution in [0.2, 0.25) is 0 Å². The van der Waals surface area contributed by atoms with Crippen LogP contribution in [-0.2, 0) is 16.4 Å². The first-order valence-corrected chi connectivity index (χ1v) is 10.5. The van der Waals surface area contributed by atoms with Crippen LogP contribution in [0, 0.1) is 0 Å². The zero-order chi connectivity index (χ0) is 20.3. The van der Waals surface area contributed by atoms with Crippen molar-refractivity contribution in [2.75, 3.05) is 32.8 Å². The summed E-state index contributed by atoms with van der Waals surface area (Å²) >= 11 is 0. The van der Waals surface area contributed by atoms with Gasteiger partial charge in [-0.3, -0.25) is 4.79 Å². The molecule has 0 radical (unpaired) electrons. The molecule has 0 spiro atoms. The van der Waals surface area contributed by atoms with Crippen molar-refractivity contribution >= 4 is 15.7 Å². The van der Waals surface area contributed by atoms with E-state index in [0.717, 1.165) is 5.56 Å². The van der Waals surface area contributed by atoms with Crippen LogP contribution >= 0.6 is 0 Å². The summed E-state index contributed by atoms with van der Waals surface area (Å²) in [6.45, 7) is 0.177. The molecule has 0 unspecified atom stereocenters. The number of nitrogens with zero attached hydrogens (tertiary/aromatic N) is 1. The van der Waals surface area contributed by atoms with Gasteiger partial charge in [-0.15, -0.1) is 0 Å². The molecule has 1 saturated heterocycles. The number of carbonyl (C=O) groups excluding carboxylic acids is 1. The first kappa shape index (κ1) is 20.1. The highest BCUT2D eigenvalue weighted by Crippen LogP contribution is 2.39. The van der Waals surface area contributed by atoms with Gasteiger partial charge in [0.25, 0.3) is 5.91 Å². The van der Waals surface area contributed by atoms with Gasteiger partial charge in [-0.05, 0) is 36.2 Å². The van der Waals surface area contributed by atoms with Gasteiger partial charge in [0, 0.05) is 12.6 Å². The van der Waals surface area contributed by atoms with E-state index >= 15 is 0 Å². The van der Waals surface area contributed by atoms with Crippen LogP contribution in [0.25, 0.3) is 0 Å². The van der Waals surface area contributed by atoms with Gasteiger partial charge in [0.05, 0.1) is 39.1 Å². The molecular weight excluding hydrogens is 386 g/mol. The molecule has 2 aromatic rings. The van der Waals surface area contributed by atoms with Gasteiger partial charge >= 0.3 is 0 Å². The van der Waals surface area contributed by atoms with E-state index < -0.39 is 15.9 Å². The van der Waals surface area contributed by atoms with Crippen molar-refractivity contribution in [2.45, 2.75) is 19.0 Å². The number of methoxy groups -OCH3 is 3. The summed E-state index contributed by atoms with van der Waals surface area (Å²) in [6, 6.07) is 6.24. The van der Waals surface area contributed by atoms with Crippen LogP contribution < -0.4 is 14.2 Å². The van der Waals surface area contributed by atoms with E-state index in [2.05, 4.69) is 0 Å². The summed E-state index contributed by atoms with van der Waals surface area (Å²) in [5, 5.41) is 0. The minimum Gasteiger partial charge on any atom is -0.493 e. The van der Waals surface area contributed by atoms with E-state index in [1.807, 2.05) is 0 Å². The maximum Gasteiger partial charge on any atom is 0.290 e. The number of sulfone groups is 1. The molecule has 0 N–H and O–H groups in total. The Labute approximate surface area is 163 Å². The number of hydrogen-bond acceptors (Lipinski definition) is 7. The van der Waals surface area contributed by atoms with Crippen molar-refractivity contribution in [2.24, 2.45) is 0 Å². The van der Waals surface area contributed by atoms with Crippen molar-refractivity contribution in [3.8, 4) is 17.2 Å². The van der Waals surface area contributed by atoms with Crippen LogP contribution in [0.1, 0.15) is 22.5 Å². The zero-order valence-electron chi connectivity index (χ0n) is 16.0. The highest BCUT2D eigenvalue weighted by Gasteiger charge is 2.36. The maximum absolute atomic E-state index is 13.0. The van der Waals surface area contributed by atoms with E-state index in [1.165, 1.54) is 32.5 Å². The van der Waals surface area contributed by atoms with Crippen LogP contribution in [-0.4, -0.2) is 58.1 Å². The van der Waals surface area contributed by atoms with E-state index in [9.17, 15) is 13.2 Å². The Morgan fingerprint density at radius 3 is 2.32 bits per heavy atom. The summed E-state index contributed by atoms with van der Waals surface area (Å²) < 4.78 is 45.3. The zero-order valence-corrected chi connectivity index (χ0v) is 16.8. The Bertz CT molecular complexity index is 912. The Kier molecular flexibility index (Phi) is 5.83. The molecule has 0 aliphatic carbocycles. The molecule has 0 saturated carbocycles. The second-order valence-corrected chi connectivity index (χ2v) is 8.73. The van der Waals surface area contributed by atoms with E-state index in [4.69, 9.17) is 18.6 Å². The SMILES string of the molecule is COc1cc(CN(C(=O)c2ccco2)[C@H]2CCS(=O)(=O)C2)cc(OC)c1OC. The van der Waals surface area contributed by atoms with Gasteiger partial charge in [0.1, 0.15) is 0 Å². The fraction of sp³-hybridized carbons (Fsp3) is 0.421. The van der Waals surface area contributed by atoms with Crippen LogP contribution in [0.3, 0.4) is 0 Å². The third-order valence-corrected chi connectivity index (χ3v) is 6.47. The smallest absolute Gasteiger partial charge is 0.290 e. The number of carbonyl (C=O) groups is 1. The molecule has 152 valence electrons. The summed E-state index contributed by atoms with van der Waals surface area (Å²) in [7, 11) is 1.37. The molecule has 3 rings (SSSR count). The highest BCUT2D eigenvalue weighted by atomic mass is 32.2. The Morgan fingerprint density at radius 1 is 1.18 bits per heavy atom. The van der Waals surface area contributed by atoms with E-state index in [1.54, 1.807) is 24.3 Å². The number of benzene rings is 1. The predicted octanol–water partition coefficient (Wildman–Crippen LogP) is 2.13. The second-order valence-electron chi connectivity index (χ2n) is 6.50. The van der Waals surface area contributed by atoms with Crippen LogP contribution in [0.15, 0.2) is 34.9 Å². The van der Waals surface area contributed by atoms with Gasteiger partial charge in [0.15, 0.2) is 27.1 Å². The molecule has 1 aromatic carbocycles. The average Bonchev–Trinajstić information content (AvgIpc) is 3.34. The molecule has 1 aliphatic rings. The van der Waals surface area contributed by atoms with E-state index in [0.29, 0.717) is 23.7 Å². The first-order chi connectivity index (χ1) is 13.4. The number of hydrogen-bond donors (Lipinski definition) is 0. The van der Waals surface area contributed by atoms with Crippen LogP contribution in [0.4, 0.5) is 0 Å². The lowest BCUT2D eigenvalue weighted by atomic mass is 10.1. The van der Waals surface area contributed by atoms with Gasteiger partial charge in [-0.1, -0.05) is 0 Å². The maximum atomic E-state index is 13.0. The summed E-state index contributed by atoms with van der Waals surface area (Å²) in [4.78, 5) is 14.5. The minimum absolute atomic E-state index is 0.0643. The fourth-order valence-electron chi connectivity index (χ4n) is 3.35. The lowest BCUT2D eigenvalue weighted by Gasteiger charge is -2.28. The topological polar surface area (TPSA) is 95.3 Å². The molecule has 8 nitrogen and oxygen atoms in total. The van der Waals surface area contributed by atoms with Gasteiger partial charge in [0.2, 0.25) is 5.75 Å². The Morgan fingerprint density at radius 2 is 1.86 bits per heavy atom. The first-order valence-electron chi connectivity index (χ1n) is 8.72. The normalized spacial score (nSPS) is 17.9. The minimum atomic E-state index is -3.17. The molecule has 0 bridgehead atoms. The number of amides is 1. The molecule has 28 heavy (non-hydrogen) atoms. The average molecular weight is 409 g/mol. The molecule has 2 heterocycles. The van der Waals surface area contributed by atoms with Gasteiger partial charge in [-0.2, -0.15) is 0 Å². The molecule has 1 aromatic heterocycles. The second kappa shape index (κ2) is 8.14. The van der Waals surface area contributed by atoms with Gasteiger partial charge in [-0.25, -0.2) is 8.42 Å². The third kappa shape index (κ3) is 4.09. The third-order valence-electron chi connectivity index (χ3n) is 4.72. The van der Waals surface area contributed by atoms with Crippen LogP contribution in [0.5, 0.6) is 17.2 Å². The molecule has 9 heteroatoms. The van der Waals surface area contributed by atoms with Crippen molar-refractivity contribution in [1.29, 1.82) is 0 Å². The lowest BCUT2D eigenvalue weighted by Crippen LogP contribution is -2.40. The molecule has 1 aliphatic heterocycles. The molecular formula is C19H23NO7S. The quantitative estimate of drug-likeness (QED) is 0.691. The fourth-order valence-corrected chi connectivity index (χ4v) is 5.08. The standard InChI is InChI=1S/C19H23NO7S/c1-24-16-9-13(10-17(25-2)18(16)26-3)11-20(14-6-8-28(22,23)12-14)19(21)15-5-4-7-27-15/h4-5,7,9-10,14H,6,8,11-12H2,1-3H3/t14-/m0/s1. The number of rotatable bonds is 7. The molecule has 1 atom stereocenters. The Balaban J connectivity index is 1.96. The lowest BCUT2D eigenvalue weighted by molar-refractivity contribution is 0.0647. The van der Waals surface area contributed by atoms with Crippen molar-refractivity contribution in [1.82, 2.24) is 4.90 Å².